The summed E-state index contributed by atoms with van der Waals surface area (Å²) < 4.78 is 1.68. The van der Waals surface area contributed by atoms with Crippen LogP contribution in [0.2, 0.25) is 0 Å². The number of ketones is 1. The van der Waals surface area contributed by atoms with Gasteiger partial charge in [-0.2, -0.15) is 5.10 Å². The van der Waals surface area contributed by atoms with Crippen LogP contribution in [0.5, 0.6) is 0 Å². The molecule has 5 heteroatoms. The summed E-state index contributed by atoms with van der Waals surface area (Å²) in [6.45, 7) is 5.73. The van der Waals surface area contributed by atoms with Crippen LogP contribution < -0.4 is 5.32 Å². The molecule has 0 bridgehead atoms. The molecule has 0 aliphatic rings. The van der Waals surface area contributed by atoms with E-state index in [1.807, 2.05) is 30.3 Å². The molecule has 0 saturated carbocycles. The standard InChI is InChI=1S/C15H17N3O2/c1-4-16-15(20)14(19)13-10(2)17-18(11(13)3)12-8-6-5-7-9-12/h5-9H,4H2,1-3H3,(H,16,20). The lowest BCUT2D eigenvalue weighted by molar-refractivity contribution is -0.116. The fourth-order valence-electron chi connectivity index (χ4n) is 2.15. The zero-order valence-electron chi connectivity index (χ0n) is 11.8. The van der Waals surface area contributed by atoms with Crippen molar-refractivity contribution in [1.82, 2.24) is 15.1 Å². The number of hydrogen-bond acceptors (Lipinski definition) is 3. The number of rotatable bonds is 4. The van der Waals surface area contributed by atoms with Gasteiger partial charge in [0.2, 0.25) is 0 Å². The van der Waals surface area contributed by atoms with E-state index in [9.17, 15) is 9.59 Å². The fourth-order valence-corrected chi connectivity index (χ4v) is 2.15. The SMILES string of the molecule is CCNC(=O)C(=O)c1c(C)nn(-c2ccccc2)c1C. The molecule has 0 spiro atoms. The second kappa shape index (κ2) is 5.69. The maximum Gasteiger partial charge on any atom is 0.292 e. The number of nitrogens with zero attached hydrogens (tertiary/aromatic N) is 2. The predicted octanol–water partition coefficient (Wildman–Crippen LogP) is 1.81. The number of carbonyl (C=O) groups is 2. The van der Waals surface area contributed by atoms with Gasteiger partial charge in [-0.25, -0.2) is 4.68 Å². The molecule has 2 aromatic rings. The van der Waals surface area contributed by atoms with Gasteiger partial charge in [-0.3, -0.25) is 9.59 Å². The number of nitrogens with one attached hydrogen (secondary N) is 1. The molecular weight excluding hydrogens is 254 g/mol. The third-order valence-corrected chi connectivity index (χ3v) is 3.06. The highest BCUT2D eigenvalue weighted by atomic mass is 16.2. The van der Waals surface area contributed by atoms with E-state index >= 15 is 0 Å². The van der Waals surface area contributed by atoms with Crippen molar-refractivity contribution in [2.75, 3.05) is 6.54 Å². The Labute approximate surface area is 117 Å². The largest absolute Gasteiger partial charge is 0.349 e. The maximum atomic E-state index is 12.2. The lowest BCUT2D eigenvalue weighted by Gasteiger charge is -2.05. The van der Waals surface area contributed by atoms with Crippen molar-refractivity contribution in [1.29, 1.82) is 0 Å². The van der Waals surface area contributed by atoms with Gasteiger partial charge in [0.1, 0.15) is 0 Å². The van der Waals surface area contributed by atoms with Crippen LogP contribution in [-0.2, 0) is 4.79 Å². The molecule has 0 aliphatic heterocycles. The number of carbonyl (C=O) groups excluding carboxylic acids is 2. The molecule has 1 N–H and O–H groups in total. The summed E-state index contributed by atoms with van der Waals surface area (Å²) in [5, 5.41) is 6.88. The first kappa shape index (κ1) is 14.0. The zero-order chi connectivity index (χ0) is 14.7. The van der Waals surface area contributed by atoms with Crippen LogP contribution in [0, 0.1) is 13.8 Å². The van der Waals surface area contributed by atoms with Crippen LogP contribution in [0.1, 0.15) is 28.7 Å². The van der Waals surface area contributed by atoms with E-state index in [0.717, 1.165) is 5.69 Å². The van der Waals surface area contributed by atoms with Crippen LogP contribution >= 0.6 is 0 Å². The first-order chi connectivity index (χ1) is 9.56. The van der Waals surface area contributed by atoms with Crippen molar-refractivity contribution in [3.8, 4) is 5.69 Å². The van der Waals surface area contributed by atoms with E-state index in [4.69, 9.17) is 0 Å². The van der Waals surface area contributed by atoms with Gasteiger partial charge in [-0.1, -0.05) is 18.2 Å². The molecule has 0 atom stereocenters. The minimum absolute atomic E-state index is 0.375. The van der Waals surface area contributed by atoms with Crippen molar-refractivity contribution in [2.24, 2.45) is 0 Å². The molecule has 104 valence electrons. The van der Waals surface area contributed by atoms with E-state index < -0.39 is 11.7 Å². The van der Waals surface area contributed by atoms with Gasteiger partial charge in [0.25, 0.3) is 11.7 Å². The molecule has 5 nitrogen and oxygen atoms in total. The predicted molar refractivity (Wildman–Crippen MR) is 76.1 cm³/mol. The summed E-state index contributed by atoms with van der Waals surface area (Å²) >= 11 is 0. The minimum atomic E-state index is -0.591. The number of aryl methyl sites for hydroxylation is 1. The molecule has 0 aliphatic carbocycles. The fraction of sp³-hybridized carbons (Fsp3) is 0.267. The second-order valence-electron chi connectivity index (χ2n) is 4.48. The van der Waals surface area contributed by atoms with Gasteiger partial charge >= 0.3 is 0 Å². The lowest BCUT2D eigenvalue weighted by atomic mass is 10.1. The van der Waals surface area contributed by atoms with Crippen molar-refractivity contribution >= 4 is 11.7 Å². The van der Waals surface area contributed by atoms with E-state index in [1.165, 1.54) is 0 Å². The van der Waals surface area contributed by atoms with Gasteiger partial charge in [0.15, 0.2) is 0 Å². The highest BCUT2D eigenvalue weighted by molar-refractivity contribution is 6.43. The van der Waals surface area contributed by atoms with Crippen LogP contribution in [0.25, 0.3) is 5.69 Å². The van der Waals surface area contributed by atoms with Crippen molar-refractivity contribution < 1.29 is 9.59 Å². The first-order valence-corrected chi connectivity index (χ1v) is 6.50. The summed E-state index contributed by atoms with van der Waals surface area (Å²) in [4.78, 5) is 23.9. The number of benzene rings is 1. The average Bonchev–Trinajstić information content (AvgIpc) is 2.74. The summed E-state index contributed by atoms with van der Waals surface area (Å²) in [6, 6.07) is 9.52. The topological polar surface area (TPSA) is 64.0 Å². The average molecular weight is 271 g/mol. The number of para-hydroxylation sites is 1. The van der Waals surface area contributed by atoms with Crippen LogP contribution in [0.3, 0.4) is 0 Å². The lowest BCUT2D eigenvalue weighted by Crippen LogP contribution is -2.31. The molecule has 1 aromatic heterocycles. The van der Waals surface area contributed by atoms with E-state index in [1.54, 1.807) is 25.5 Å². The molecule has 1 aromatic carbocycles. The Morgan fingerprint density at radius 3 is 2.45 bits per heavy atom. The Balaban J connectivity index is 2.45. The normalized spacial score (nSPS) is 10.3. The van der Waals surface area contributed by atoms with Crippen molar-refractivity contribution in [3.05, 3.63) is 47.3 Å². The van der Waals surface area contributed by atoms with Gasteiger partial charge in [-0.15, -0.1) is 0 Å². The molecule has 0 unspecified atom stereocenters. The van der Waals surface area contributed by atoms with Crippen molar-refractivity contribution in [2.45, 2.75) is 20.8 Å². The number of amides is 1. The van der Waals surface area contributed by atoms with E-state index in [0.29, 0.717) is 23.5 Å². The monoisotopic (exact) mass is 271 g/mol. The first-order valence-electron chi connectivity index (χ1n) is 6.50. The molecule has 20 heavy (non-hydrogen) atoms. The third kappa shape index (κ3) is 2.47. The highest BCUT2D eigenvalue weighted by Gasteiger charge is 2.24. The van der Waals surface area contributed by atoms with E-state index in [-0.39, 0.29) is 0 Å². The Kier molecular flexibility index (Phi) is 3.98. The molecule has 0 radical (unpaired) electrons. The Morgan fingerprint density at radius 2 is 1.85 bits per heavy atom. The molecule has 0 fully saturated rings. The number of Topliss-reactive ketones (excluding diaryl/α,β-unsaturated/α-hetero) is 1. The highest BCUT2D eigenvalue weighted by Crippen LogP contribution is 2.18. The second-order valence-corrected chi connectivity index (χ2v) is 4.48. The summed E-state index contributed by atoms with van der Waals surface area (Å²) in [5.41, 5.74) is 2.47. The Bertz CT molecular complexity index is 645. The zero-order valence-corrected chi connectivity index (χ0v) is 11.8. The molecule has 1 amide bonds. The quantitative estimate of drug-likeness (QED) is 0.681. The minimum Gasteiger partial charge on any atom is -0.349 e. The maximum absolute atomic E-state index is 12.2. The van der Waals surface area contributed by atoms with E-state index in [2.05, 4.69) is 10.4 Å². The Morgan fingerprint density at radius 1 is 1.20 bits per heavy atom. The van der Waals surface area contributed by atoms with Crippen LogP contribution in [0.15, 0.2) is 30.3 Å². The summed E-state index contributed by atoms with van der Waals surface area (Å²) in [7, 11) is 0. The molecular formula is C15H17N3O2. The van der Waals surface area contributed by atoms with Crippen LogP contribution in [-0.4, -0.2) is 28.0 Å². The van der Waals surface area contributed by atoms with Gasteiger partial charge in [0.05, 0.1) is 22.6 Å². The number of aromatic nitrogens is 2. The number of likely N-dealkylation sites (N-methyl/N-ethyl adjacent to an activating group) is 1. The smallest absolute Gasteiger partial charge is 0.292 e. The summed E-state index contributed by atoms with van der Waals surface area (Å²) in [5.74, 6) is -1.13. The van der Waals surface area contributed by atoms with Crippen LogP contribution in [0.4, 0.5) is 0 Å². The molecule has 1 heterocycles. The summed E-state index contributed by atoms with van der Waals surface area (Å²) in [6.07, 6.45) is 0. The molecule has 0 saturated heterocycles. The van der Waals surface area contributed by atoms with Crippen molar-refractivity contribution in [3.63, 3.8) is 0 Å². The third-order valence-electron chi connectivity index (χ3n) is 3.06. The van der Waals surface area contributed by atoms with Gasteiger partial charge in [0, 0.05) is 6.54 Å². The van der Waals surface area contributed by atoms with Gasteiger partial charge < -0.3 is 5.32 Å². The number of hydrogen-bond donors (Lipinski definition) is 1. The molecule has 2 rings (SSSR count). The Hall–Kier alpha value is -2.43. The van der Waals surface area contributed by atoms with Gasteiger partial charge in [-0.05, 0) is 32.9 Å².